The van der Waals surface area contributed by atoms with Crippen molar-refractivity contribution < 1.29 is 0 Å². The monoisotopic (exact) mass is 248 g/mol. The number of aryl methyl sites for hydroxylation is 1. The maximum absolute atomic E-state index is 11.8. The molecule has 7 heteroatoms. The summed E-state index contributed by atoms with van der Waals surface area (Å²) < 4.78 is 1.39. The Kier molecular flexibility index (Phi) is 2.55. The van der Waals surface area contributed by atoms with Crippen LogP contribution in [-0.4, -0.2) is 57.7 Å². The molecule has 1 aliphatic heterocycles. The molecule has 1 fully saturated rings. The van der Waals surface area contributed by atoms with Gasteiger partial charge in [0.15, 0.2) is 0 Å². The topological polar surface area (TPSA) is 69.5 Å². The minimum atomic E-state index is -0.120. The van der Waals surface area contributed by atoms with Crippen LogP contribution in [0.15, 0.2) is 10.9 Å². The number of nitrogens with zero attached hydrogens (tertiary/aromatic N) is 5. The van der Waals surface area contributed by atoms with Crippen LogP contribution in [0, 0.1) is 6.92 Å². The van der Waals surface area contributed by atoms with Crippen LogP contribution in [0.1, 0.15) is 5.69 Å². The van der Waals surface area contributed by atoms with E-state index in [1.54, 1.807) is 6.92 Å². The molecule has 1 aliphatic rings. The first-order valence-corrected chi connectivity index (χ1v) is 6.03. The molecule has 0 spiro atoms. The van der Waals surface area contributed by atoms with Crippen LogP contribution in [0.3, 0.4) is 0 Å². The summed E-state index contributed by atoms with van der Waals surface area (Å²) in [7, 11) is 2.10. The van der Waals surface area contributed by atoms with Gasteiger partial charge in [-0.15, -0.1) is 0 Å². The van der Waals surface area contributed by atoms with E-state index >= 15 is 0 Å². The number of aromatic nitrogens is 4. The van der Waals surface area contributed by atoms with E-state index in [0.29, 0.717) is 11.5 Å². The number of hydrogen-bond acceptors (Lipinski definition) is 5. The zero-order valence-electron chi connectivity index (χ0n) is 10.6. The molecule has 7 nitrogen and oxygen atoms in total. The number of aromatic amines is 1. The van der Waals surface area contributed by atoms with Crippen molar-refractivity contribution in [2.24, 2.45) is 0 Å². The Hall–Kier alpha value is -1.89. The molecule has 0 atom stereocenters. The van der Waals surface area contributed by atoms with Crippen LogP contribution in [0.25, 0.3) is 5.78 Å². The smallest absolute Gasteiger partial charge is 0.274 e. The Morgan fingerprint density at radius 1 is 1.22 bits per heavy atom. The summed E-state index contributed by atoms with van der Waals surface area (Å²) in [4.78, 5) is 24.8. The highest BCUT2D eigenvalue weighted by Gasteiger charge is 2.18. The second-order valence-corrected chi connectivity index (χ2v) is 4.71. The van der Waals surface area contributed by atoms with Crippen molar-refractivity contribution in [2.75, 3.05) is 38.1 Å². The predicted octanol–water partition coefficient (Wildman–Crippen LogP) is -0.522. The van der Waals surface area contributed by atoms with Crippen LogP contribution in [0.2, 0.25) is 0 Å². The van der Waals surface area contributed by atoms with Crippen LogP contribution < -0.4 is 10.5 Å². The van der Waals surface area contributed by atoms with E-state index in [2.05, 4.69) is 31.9 Å². The molecule has 0 unspecified atom stereocenters. The lowest BCUT2D eigenvalue weighted by Gasteiger charge is -2.31. The van der Waals surface area contributed by atoms with E-state index in [-0.39, 0.29) is 5.56 Å². The van der Waals surface area contributed by atoms with E-state index in [4.69, 9.17) is 0 Å². The van der Waals surface area contributed by atoms with Gasteiger partial charge in [0.25, 0.3) is 11.3 Å². The van der Waals surface area contributed by atoms with Crippen molar-refractivity contribution in [2.45, 2.75) is 6.92 Å². The average Bonchev–Trinajstić information content (AvgIpc) is 2.74. The Morgan fingerprint density at radius 2 is 1.94 bits per heavy atom. The average molecular weight is 248 g/mol. The molecule has 0 aliphatic carbocycles. The number of nitrogens with one attached hydrogen (secondary N) is 1. The third-order valence-electron chi connectivity index (χ3n) is 3.25. The highest BCUT2D eigenvalue weighted by molar-refractivity contribution is 5.39. The van der Waals surface area contributed by atoms with Gasteiger partial charge in [0.05, 0.1) is 0 Å². The molecule has 2 aromatic rings. The quantitative estimate of drug-likeness (QED) is 0.735. The summed E-state index contributed by atoms with van der Waals surface area (Å²) in [6.07, 6.45) is 0. The summed E-state index contributed by atoms with van der Waals surface area (Å²) >= 11 is 0. The summed E-state index contributed by atoms with van der Waals surface area (Å²) in [6.45, 7) is 5.61. The Balaban J connectivity index is 1.98. The molecule has 96 valence electrons. The number of H-pyrrole nitrogens is 1. The SMILES string of the molecule is Cc1cc(=O)n2[nH]c(N3CCN(C)CC3)nc2n1. The van der Waals surface area contributed by atoms with E-state index < -0.39 is 0 Å². The molecule has 2 aromatic heterocycles. The number of likely N-dealkylation sites (N-methyl/N-ethyl adjacent to an activating group) is 1. The van der Waals surface area contributed by atoms with Gasteiger partial charge in [0.1, 0.15) is 0 Å². The van der Waals surface area contributed by atoms with E-state index in [9.17, 15) is 4.79 Å². The Labute approximate surface area is 104 Å². The third-order valence-corrected chi connectivity index (χ3v) is 3.25. The number of fused-ring (bicyclic) bond motifs is 1. The molecule has 3 heterocycles. The van der Waals surface area contributed by atoms with Crippen molar-refractivity contribution in [3.8, 4) is 0 Å². The number of piperazine rings is 1. The van der Waals surface area contributed by atoms with Gasteiger partial charge in [-0.2, -0.15) is 9.50 Å². The van der Waals surface area contributed by atoms with Gasteiger partial charge in [-0.25, -0.2) is 4.98 Å². The molecule has 0 radical (unpaired) electrons. The summed E-state index contributed by atoms with van der Waals surface area (Å²) in [5, 5.41) is 3.01. The second kappa shape index (κ2) is 4.09. The fraction of sp³-hybridized carbons (Fsp3) is 0.545. The molecule has 0 amide bonds. The highest BCUT2D eigenvalue weighted by Crippen LogP contribution is 2.10. The Bertz CT molecular complexity index is 622. The van der Waals surface area contributed by atoms with Crippen molar-refractivity contribution in [3.63, 3.8) is 0 Å². The van der Waals surface area contributed by atoms with Gasteiger partial charge in [-0.1, -0.05) is 0 Å². The van der Waals surface area contributed by atoms with Crippen molar-refractivity contribution in [1.29, 1.82) is 0 Å². The van der Waals surface area contributed by atoms with Gasteiger partial charge < -0.3 is 9.80 Å². The van der Waals surface area contributed by atoms with Crippen molar-refractivity contribution in [3.05, 3.63) is 22.1 Å². The van der Waals surface area contributed by atoms with E-state index in [0.717, 1.165) is 32.1 Å². The molecule has 0 aromatic carbocycles. The number of hydrogen-bond donors (Lipinski definition) is 1. The molecule has 0 saturated carbocycles. The predicted molar refractivity (Wildman–Crippen MR) is 68.1 cm³/mol. The molecule has 18 heavy (non-hydrogen) atoms. The molecular weight excluding hydrogens is 232 g/mol. The summed E-state index contributed by atoms with van der Waals surface area (Å²) in [6, 6.07) is 1.50. The lowest BCUT2D eigenvalue weighted by Crippen LogP contribution is -2.45. The first-order chi connectivity index (χ1) is 8.63. The molecule has 1 N–H and O–H groups in total. The largest absolute Gasteiger partial charge is 0.339 e. The Morgan fingerprint density at radius 3 is 2.67 bits per heavy atom. The van der Waals surface area contributed by atoms with Gasteiger partial charge >= 0.3 is 0 Å². The number of rotatable bonds is 1. The zero-order chi connectivity index (χ0) is 12.7. The van der Waals surface area contributed by atoms with Gasteiger partial charge in [0, 0.05) is 37.9 Å². The van der Waals surface area contributed by atoms with Gasteiger partial charge in [0.2, 0.25) is 5.95 Å². The maximum Gasteiger partial charge on any atom is 0.274 e. The van der Waals surface area contributed by atoms with Crippen molar-refractivity contribution in [1.82, 2.24) is 24.5 Å². The lowest BCUT2D eigenvalue weighted by molar-refractivity contribution is 0.311. The second-order valence-electron chi connectivity index (χ2n) is 4.71. The minimum Gasteiger partial charge on any atom is -0.339 e. The molecule has 1 saturated heterocycles. The van der Waals surface area contributed by atoms with Crippen LogP contribution in [0.4, 0.5) is 5.95 Å². The number of anilines is 1. The first kappa shape index (κ1) is 11.2. The van der Waals surface area contributed by atoms with Gasteiger partial charge in [-0.05, 0) is 14.0 Å². The summed E-state index contributed by atoms with van der Waals surface area (Å²) in [5.74, 6) is 1.16. The van der Waals surface area contributed by atoms with E-state index in [1.807, 2.05) is 0 Å². The van der Waals surface area contributed by atoms with Crippen LogP contribution in [-0.2, 0) is 0 Å². The van der Waals surface area contributed by atoms with Gasteiger partial charge in [-0.3, -0.25) is 9.89 Å². The molecule has 0 bridgehead atoms. The highest BCUT2D eigenvalue weighted by atomic mass is 16.1. The maximum atomic E-state index is 11.8. The first-order valence-electron chi connectivity index (χ1n) is 6.03. The van der Waals surface area contributed by atoms with Crippen molar-refractivity contribution >= 4 is 11.7 Å². The third kappa shape index (κ3) is 1.86. The van der Waals surface area contributed by atoms with Crippen LogP contribution >= 0.6 is 0 Å². The van der Waals surface area contributed by atoms with E-state index in [1.165, 1.54) is 10.6 Å². The minimum absolute atomic E-state index is 0.120. The standard InChI is InChI=1S/C11H16N6O/c1-8-7-9(18)17-10(12-8)13-11(14-17)16-5-3-15(2)4-6-16/h7H,3-6H2,1-2H3,(H,12,13,14). The normalized spacial score (nSPS) is 17.6. The molecular formula is C11H16N6O. The zero-order valence-corrected chi connectivity index (χ0v) is 10.6. The lowest BCUT2D eigenvalue weighted by atomic mass is 10.3. The fourth-order valence-electron chi connectivity index (χ4n) is 2.14. The molecule has 3 rings (SSSR count). The summed E-state index contributed by atoms with van der Waals surface area (Å²) in [5.41, 5.74) is 0.571. The fourth-order valence-corrected chi connectivity index (χ4v) is 2.14. The van der Waals surface area contributed by atoms with Crippen LogP contribution in [0.5, 0.6) is 0 Å².